The number of thiazole rings is 1. The fourth-order valence-electron chi connectivity index (χ4n) is 3.95. The fourth-order valence-corrected chi connectivity index (χ4v) is 5.41. The van der Waals surface area contributed by atoms with Crippen molar-refractivity contribution in [3.63, 3.8) is 0 Å². The maximum atomic E-state index is 13.7. The van der Waals surface area contributed by atoms with Crippen molar-refractivity contribution >= 4 is 45.3 Å². The van der Waals surface area contributed by atoms with Crippen molar-refractivity contribution in [1.29, 1.82) is 0 Å². The molecule has 0 saturated heterocycles. The van der Waals surface area contributed by atoms with Gasteiger partial charge in [0.25, 0.3) is 5.56 Å². The largest absolute Gasteiger partial charge is 0.493 e. The molecular weight excluding hydrogens is 548 g/mol. The summed E-state index contributed by atoms with van der Waals surface area (Å²) in [5.74, 6) is -0.538. The Hall–Kier alpha value is -3.50. The predicted octanol–water partition coefficient (Wildman–Crippen LogP) is 3.49. The summed E-state index contributed by atoms with van der Waals surface area (Å²) in [5, 5.41) is 0. The van der Waals surface area contributed by atoms with Crippen molar-refractivity contribution in [3.8, 4) is 11.5 Å². The Morgan fingerprint density at radius 3 is 2.64 bits per heavy atom. The van der Waals surface area contributed by atoms with Crippen molar-refractivity contribution in [1.82, 2.24) is 4.57 Å². The first kappa shape index (κ1) is 25.6. The summed E-state index contributed by atoms with van der Waals surface area (Å²) in [4.78, 5) is 43.3. The molecule has 8 nitrogen and oxygen atoms in total. The van der Waals surface area contributed by atoms with Gasteiger partial charge in [-0.2, -0.15) is 0 Å². The SMILES string of the molecule is CCOC(=O)C1=C(C)N=c2s/c(=C/c3cccc(Br)c3)c(=O)n2[C@H]1c1ccc(OC(C)=O)c(OC)c1. The monoisotopic (exact) mass is 570 g/mol. The number of hydrogen-bond donors (Lipinski definition) is 0. The van der Waals surface area contributed by atoms with Gasteiger partial charge < -0.3 is 14.2 Å². The van der Waals surface area contributed by atoms with Crippen LogP contribution in [0.1, 0.15) is 37.9 Å². The minimum absolute atomic E-state index is 0.171. The number of aromatic nitrogens is 1. The van der Waals surface area contributed by atoms with Crippen LogP contribution in [0.25, 0.3) is 6.08 Å². The maximum absolute atomic E-state index is 13.7. The molecule has 0 saturated carbocycles. The summed E-state index contributed by atoms with van der Waals surface area (Å²) in [6, 6.07) is 11.7. The van der Waals surface area contributed by atoms with Crippen LogP contribution in [0.4, 0.5) is 0 Å². The smallest absolute Gasteiger partial charge is 0.338 e. The lowest BCUT2D eigenvalue weighted by Crippen LogP contribution is -2.40. The zero-order chi connectivity index (χ0) is 26.0. The molecule has 3 aromatic rings. The number of allylic oxidation sites excluding steroid dienone is 1. The second-order valence-corrected chi connectivity index (χ2v) is 9.79. The predicted molar refractivity (Wildman–Crippen MR) is 139 cm³/mol. The number of carbonyl (C=O) groups excluding carboxylic acids is 2. The van der Waals surface area contributed by atoms with E-state index in [2.05, 4.69) is 20.9 Å². The number of rotatable bonds is 6. The molecular formula is C26H23BrN2O6S. The van der Waals surface area contributed by atoms with Gasteiger partial charge in [0.2, 0.25) is 0 Å². The minimum Gasteiger partial charge on any atom is -0.493 e. The Morgan fingerprint density at radius 1 is 1.19 bits per heavy atom. The quantitative estimate of drug-likeness (QED) is 0.332. The van der Waals surface area contributed by atoms with E-state index in [1.54, 1.807) is 38.1 Å². The molecule has 186 valence electrons. The molecule has 0 N–H and O–H groups in total. The molecule has 1 aliphatic heterocycles. The molecule has 2 heterocycles. The van der Waals surface area contributed by atoms with Gasteiger partial charge in [0.1, 0.15) is 0 Å². The Labute approximate surface area is 219 Å². The third-order valence-electron chi connectivity index (χ3n) is 5.42. The molecule has 10 heteroatoms. The zero-order valence-electron chi connectivity index (χ0n) is 20.0. The summed E-state index contributed by atoms with van der Waals surface area (Å²) in [5.41, 5.74) is 1.84. The third-order valence-corrected chi connectivity index (χ3v) is 6.90. The van der Waals surface area contributed by atoms with Crippen molar-refractivity contribution in [2.75, 3.05) is 13.7 Å². The highest BCUT2D eigenvalue weighted by Gasteiger charge is 2.34. The number of esters is 2. The highest BCUT2D eigenvalue weighted by Crippen LogP contribution is 2.36. The Kier molecular flexibility index (Phi) is 7.56. The summed E-state index contributed by atoms with van der Waals surface area (Å²) < 4.78 is 18.8. The maximum Gasteiger partial charge on any atom is 0.338 e. The molecule has 0 unspecified atom stereocenters. The number of methoxy groups -OCH3 is 1. The first-order valence-electron chi connectivity index (χ1n) is 11.0. The molecule has 36 heavy (non-hydrogen) atoms. The van der Waals surface area contributed by atoms with Gasteiger partial charge >= 0.3 is 11.9 Å². The Morgan fingerprint density at radius 2 is 1.97 bits per heavy atom. The normalized spacial score (nSPS) is 15.2. The number of hydrogen-bond acceptors (Lipinski definition) is 8. The number of carbonyl (C=O) groups is 2. The van der Waals surface area contributed by atoms with Crippen LogP contribution in [0.3, 0.4) is 0 Å². The van der Waals surface area contributed by atoms with Gasteiger partial charge in [0.15, 0.2) is 16.3 Å². The van der Waals surface area contributed by atoms with Crippen LogP contribution in [0.2, 0.25) is 0 Å². The fraction of sp³-hybridized carbons (Fsp3) is 0.231. The molecule has 0 aliphatic carbocycles. The van der Waals surface area contributed by atoms with Gasteiger partial charge in [-0.25, -0.2) is 9.79 Å². The molecule has 2 aromatic carbocycles. The van der Waals surface area contributed by atoms with Crippen LogP contribution in [0.5, 0.6) is 11.5 Å². The van der Waals surface area contributed by atoms with E-state index in [0.717, 1.165) is 10.0 Å². The van der Waals surface area contributed by atoms with Gasteiger partial charge in [-0.15, -0.1) is 0 Å². The second-order valence-electron chi connectivity index (χ2n) is 7.86. The molecule has 1 aliphatic rings. The number of fused-ring (bicyclic) bond motifs is 1. The van der Waals surface area contributed by atoms with Crippen molar-refractivity contribution < 1.29 is 23.8 Å². The van der Waals surface area contributed by atoms with Gasteiger partial charge in [0, 0.05) is 11.4 Å². The van der Waals surface area contributed by atoms with E-state index in [4.69, 9.17) is 14.2 Å². The lowest BCUT2D eigenvalue weighted by molar-refractivity contribution is -0.139. The third kappa shape index (κ3) is 5.05. The van der Waals surface area contributed by atoms with Crippen LogP contribution in [-0.4, -0.2) is 30.2 Å². The standard InChI is InChI=1S/C26H23BrN2O6S/c1-5-34-25(32)22-14(2)28-26-29(24(31)21(36-26)12-16-7-6-8-18(27)11-16)23(22)17-9-10-19(35-15(3)30)20(13-17)33-4/h6-13,23H,5H2,1-4H3/b21-12+/t23-/m0/s1. The molecule has 0 bridgehead atoms. The van der Waals surface area contributed by atoms with Gasteiger partial charge in [0.05, 0.1) is 35.6 Å². The Balaban J connectivity index is 1.95. The van der Waals surface area contributed by atoms with E-state index in [-0.39, 0.29) is 29.2 Å². The van der Waals surface area contributed by atoms with Crippen LogP contribution in [-0.2, 0) is 14.3 Å². The summed E-state index contributed by atoms with van der Waals surface area (Å²) in [6.45, 7) is 4.90. The minimum atomic E-state index is -0.815. The second kappa shape index (κ2) is 10.6. The van der Waals surface area contributed by atoms with Crippen LogP contribution >= 0.6 is 27.3 Å². The van der Waals surface area contributed by atoms with E-state index in [1.807, 2.05) is 24.3 Å². The molecule has 0 fully saturated rings. The zero-order valence-corrected chi connectivity index (χ0v) is 22.4. The average Bonchev–Trinajstić information content (AvgIpc) is 3.12. The molecule has 1 atom stereocenters. The topological polar surface area (TPSA) is 96.2 Å². The van der Waals surface area contributed by atoms with E-state index in [1.165, 1.54) is 29.9 Å². The van der Waals surface area contributed by atoms with Crippen LogP contribution in [0, 0.1) is 0 Å². The molecule has 4 rings (SSSR count). The number of halogens is 1. The van der Waals surface area contributed by atoms with Crippen molar-refractivity contribution in [2.24, 2.45) is 4.99 Å². The Bertz CT molecular complexity index is 1570. The van der Waals surface area contributed by atoms with E-state index in [9.17, 15) is 14.4 Å². The van der Waals surface area contributed by atoms with E-state index in [0.29, 0.717) is 20.6 Å². The average molecular weight is 571 g/mol. The first-order valence-corrected chi connectivity index (χ1v) is 12.7. The van der Waals surface area contributed by atoms with Crippen LogP contribution < -0.4 is 24.4 Å². The summed E-state index contributed by atoms with van der Waals surface area (Å²) >= 11 is 4.69. The highest BCUT2D eigenvalue weighted by molar-refractivity contribution is 9.10. The van der Waals surface area contributed by atoms with Crippen LogP contribution in [0.15, 0.2) is 68.0 Å². The molecule has 0 spiro atoms. The molecule has 0 radical (unpaired) electrons. The molecule has 0 amide bonds. The van der Waals surface area contributed by atoms with Crippen molar-refractivity contribution in [2.45, 2.75) is 26.8 Å². The highest BCUT2D eigenvalue weighted by atomic mass is 79.9. The van der Waals surface area contributed by atoms with Crippen molar-refractivity contribution in [3.05, 3.63) is 89.0 Å². The summed E-state index contributed by atoms with van der Waals surface area (Å²) in [6.07, 6.45) is 1.79. The number of nitrogens with zero attached hydrogens (tertiary/aromatic N) is 2. The number of benzene rings is 2. The van der Waals surface area contributed by atoms with Gasteiger partial charge in [-0.3, -0.25) is 14.2 Å². The summed E-state index contributed by atoms with van der Waals surface area (Å²) in [7, 11) is 1.45. The lowest BCUT2D eigenvalue weighted by Gasteiger charge is -2.25. The van der Waals surface area contributed by atoms with E-state index < -0.39 is 18.0 Å². The van der Waals surface area contributed by atoms with Gasteiger partial charge in [-0.05, 0) is 55.3 Å². The van der Waals surface area contributed by atoms with Gasteiger partial charge in [-0.1, -0.05) is 45.5 Å². The lowest BCUT2D eigenvalue weighted by atomic mass is 9.95. The first-order chi connectivity index (χ1) is 17.2. The molecule has 1 aromatic heterocycles. The number of ether oxygens (including phenoxy) is 3. The van der Waals surface area contributed by atoms with E-state index >= 15 is 0 Å².